The maximum absolute atomic E-state index is 13.4. The SMILES string of the molecule is N=Cc1cc(/C=C2\SC(=O)N(CCON=C(N)N)C2O)ccc1NCc1ccc(C(F)(F)F)cc1C(F)(F)F. The van der Waals surface area contributed by atoms with Crippen LogP contribution in [0, 0.1) is 5.41 Å². The highest BCUT2D eigenvalue weighted by molar-refractivity contribution is 8.17. The first-order valence-electron chi connectivity index (χ1n) is 11.0. The second kappa shape index (κ2) is 11.9. The van der Waals surface area contributed by atoms with Crippen LogP contribution < -0.4 is 16.8 Å². The summed E-state index contributed by atoms with van der Waals surface area (Å²) >= 11 is 0.771. The monoisotopic (exact) mass is 576 g/mol. The Labute approximate surface area is 222 Å². The number of halogens is 6. The Balaban J connectivity index is 1.76. The minimum atomic E-state index is -5.01. The third-order valence-electron chi connectivity index (χ3n) is 5.33. The van der Waals surface area contributed by atoms with Crippen molar-refractivity contribution < 1.29 is 41.1 Å². The van der Waals surface area contributed by atoms with Gasteiger partial charge in [-0.25, -0.2) is 0 Å². The van der Waals surface area contributed by atoms with E-state index < -0.39 is 47.1 Å². The second-order valence-electron chi connectivity index (χ2n) is 8.04. The number of hydrogen-bond donors (Lipinski definition) is 5. The molecule has 2 aromatic carbocycles. The molecule has 0 aromatic heterocycles. The summed E-state index contributed by atoms with van der Waals surface area (Å²) in [5.41, 5.74) is 7.98. The van der Waals surface area contributed by atoms with Gasteiger partial charge in [0.25, 0.3) is 5.24 Å². The zero-order chi connectivity index (χ0) is 29.0. The van der Waals surface area contributed by atoms with E-state index >= 15 is 0 Å². The molecule has 210 valence electrons. The van der Waals surface area contributed by atoms with Crippen molar-refractivity contribution in [3.8, 4) is 0 Å². The minimum Gasteiger partial charge on any atom is -0.391 e. The molecule has 1 aliphatic rings. The largest absolute Gasteiger partial charge is 0.416 e. The molecule has 1 heterocycles. The summed E-state index contributed by atoms with van der Waals surface area (Å²) in [6.07, 6.45) is -8.80. The van der Waals surface area contributed by atoms with Crippen LogP contribution in [0.3, 0.4) is 0 Å². The Hall–Kier alpha value is -3.92. The molecule has 1 aliphatic heterocycles. The molecule has 1 fully saturated rings. The Morgan fingerprint density at radius 2 is 1.87 bits per heavy atom. The van der Waals surface area contributed by atoms with Crippen molar-refractivity contribution in [2.45, 2.75) is 25.1 Å². The van der Waals surface area contributed by atoms with Gasteiger partial charge in [0.2, 0.25) is 5.96 Å². The number of rotatable bonds is 9. The topological polar surface area (TPSA) is 150 Å². The maximum atomic E-state index is 13.4. The van der Waals surface area contributed by atoms with E-state index in [0.717, 1.165) is 28.9 Å². The summed E-state index contributed by atoms with van der Waals surface area (Å²) in [6, 6.07) is 5.86. The van der Waals surface area contributed by atoms with E-state index in [1.807, 2.05) is 0 Å². The van der Waals surface area contributed by atoms with Crippen molar-refractivity contribution in [1.29, 1.82) is 5.41 Å². The van der Waals surface area contributed by atoms with Gasteiger partial charge in [0.1, 0.15) is 6.61 Å². The number of amides is 1. The summed E-state index contributed by atoms with van der Waals surface area (Å²) in [6.45, 7) is -0.560. The van der Waals surface area contributed by atoms with E-state index in [2.05, 4.69) is 10.5 Å². The first kappa shape index (κ1) is 29.6. The lowest BCUT2D eigenvalue weighted by molar-refractivity contribution is -0.143. The van der Waals surface area contributed by atoms with Crippen molar-refractivity contribution in [3.05, 3.63) is 69.1 Å². The van der Waals surface area contributed by atoms with Gasteiger partial charge >= 0.3 is 12.4 Å². The molecule has 16 heteroatoms. The Morgan fingerprint density at radius 3 is 2.49 bits per heavy atom. The fourth-order valence-corrected chi connectivity index (χ4v) is 4.46. The Bertz CT molecular complexity index is 1290. The zero-order valence-electron chi connectivity index (χ0n) is 19.8. The van der Waals surface area contributed by atoms with Crippen LogP contribution in [0.25, 0.3) is 6.08 Å². The van der Waals surface area contributed by atoms with E-state index in [1.165, 1.54) is 24.3 Å². The molecule has 2 aromatic rings. The average Bonchev–Trinajstić information content (AvgIpc) is 3.11. The van der Waals surface area contributed by atoms with Gasteiger partial charge in [-0.15, -0.1) is 0 Å². The first-order chi connectivity index (χ1) is 18.2. The van der Waals surface area contributed by atoms with E-state index in [0.29, 0.717) is 11.6 Å². The molecule has 0 spiro atoms. The van der Waals surface area contributed by atoms with Crippen LogP contribution in [0.15, 0.2) is 46.5 Å². The quantitative estimate of drug-likeness (QED) is 0.0978. The van der Waals surface area contributed by atoms with Crippen LogP contribution in [0.5, 0.6) is 0 Å². The predicted octanol–water partition coefficient (Wildman–Crippen LogP) is 4.37. The van der Waals surface area contributed by atoms with Gasteiger partial charge in [0.15, 0.2) is 6.23 Å². The second-order valence-corrected chi connectivity index (χ2v) is 9.07. The number of aliphatic hydroxyl groups is 1. The van der Waals surface area contributed by atoms with Crippen LogP contribution in [-0.2, 0) is 23.7 Å². The van der Waals surface area contributed by atoms with Gasteiger partial charge in [-0.05, 0) is 58.4 Å². The van der Waals surface area contributed by atoms with Crippen LogP contribution in [0.4, 0.5) is 36.8 Å². The number of carbonyl (C=O) groups excluding carboxylic acids is 1. The smallest absolute Gasteiger partial charge is 0.391 e. The lowest BCUT2D eigenvalue weighted by Gasteiger charge is -2.18. The summed E-state index contributed by atoms with van der Waals surface area (Å²) in [7, 11) is 0. The molecule has 0 aliphatic carbocycles. The van der Waals surface area contributed by atoms with Crippen LogP contribution in [0.2, 0.25) is 0 Å². The van der Waals surface area contributed by atoms with Crippen LogP contribution in [-0.4, -0.2) is 46.8 Å². The molecule has 9 nitrogen and oxygen atoms in total. The van der Waals surface area contributed by atoms with Gasteiger partial charge in [0.05, 0.1) is 17.7 Å². The van der Waals surface area contributed by atoms with Crippen molar-refractivity contribution in [3.63, 3.8) is 0 Å². The highest BCUT2D eigenvalue weighted by Crippen LogP contribution is 2.38. The molecular weight excluding hydrogens is 554 g/mol. The number of nitrogens with one attached hydrogen (secondary N) is 2. The lowest BCUT2D eigenvalue weighted by Crippen LogP contribution is -2.35. The van der Waals surface area contributed by atoms with Crippen molar-refractivity contribution in [2.75, 3.05) is 18.5 Å². The van der Waals surface area contributed by atoms with Gasteiger partial charge in [0, 0.05) is 28.9 Å². The molecule has 1 saturated heterocycles. The molecule has 39 heavy (non-hydrogen) atoms. The molecule has 7 N–H and O–H groups in total. The van der Waals surface area contributed by atoms with E-state index in [-0.39, 0.29) is 41.3 Å². The van der Waals surface area contributed by atoms with E-state index in [9.17, 15) is 36.2 Å². The van der Waals surface area contributed by atoms with Crippen molar-refractivity contribution >= 4 is 40.9 Å². The number of oxime groups is 1. The maximum Gasteiger partial charge on any atom is 0.416 e. The number of alkyl halides is 6. The number of thioether (sulfide) groups is 1. The third kappa shape index (κ3) is 7.57. The fourth-order valence-electron chi connectivity index (χ4n) is 3.52. The Morgan fingerprint density at radius 1 is 1.15 bits per heavy atom. The number of nitrogens with two attached hydrogens (primary N) is 2. The predicted molar refractivity (Wildman–Crippen MR) is 134 cm³/mol. The summed E-state index contributed by atoms with van der Waals surface area (Å²) in [4.78, 5) is 18.5. The molecular formula is C23H22F6N6O3S. The third-order valence-corrected chi connectivity index (χ3v) is 6.31. The highest BCUT2D eigenvalue weighted by Gasteiger charge is 2.38. The molecule has 1 unspecified atom stereocenters. The highest BCUT2D eigenvalue weighted by atomic mass is 32.2. The van der Waals surface area contributed by atoms with Gasteiger partial charge in [-0.2, -0.15) is 26.3 Å². The molecule has 0 radical (unpaired) electrons. The number of guanidine groups is 1. The normalized spacial score (nSPS) is 16.9. The molecule has 1 amide bonds. The minimum absolute atomic E-state index is 0.0143. The number of nitrogens with zero attached hydrogens (tertiary/aromatic N) is 2. The summed E-state index contributed by atoms with van der Waals surface area (Å²) in [5.74, 6) is -0.307. The van der Waals surface area contributed by atoms with Gasteiger partial charge in [-0.3, -0.25) is 9.69 Å². The zero-order valence-corrected chi connectivity index (χ0v) is 20.6. The van der Waals surface area contributed by atoms with Gasteiger partial charge < -0.3 is 32.1 Å². The van der Waals surface area contributed by atoms with Crippen molar-refractivity contribution in [1.82, 2.24) is 4.90 Å². The molecule has 0 saturated carbocycles. The number of anilines is 1. The first-order valence-corrected chi connectivity index (χ1v) is 11.8. The Kier molecular flexibility index (Phi) is 9.01. The molecule has 1 atom stereocenters. The molecule has 0 bridgehead atoms. The number of benzene rings is 2. The number of carbonyl (C=O) groups is 1. The van der Waals surface area contributed by atoms with Gasteiger partial charge in [-0.1, -0.05) is 12.1 Å². The molecule has 3 rings (SSSR count). The van der Waals surface area contributed by atoms with Crippen LogP contribution >= 0.6 is 11.8 Å². The fraction of sp³-hybridized carbons (Fsp3) is 0.261. The van der Waals surface area contributed by atoms with Crippen molar-refractivity contribution in [2.24, 2.45) is 16.6 Å². The lowest BCUT2D eigenvalue weighted by atomic mass is 10.0. The van der Waals surface area contributed by atoms with E-state index in [4.69, 9.17) is 21.7 Å². The number of hydrogen-bond acceptors (Lipinski definition) is 7. The van der Waals surface area contributed by atoms with E-state index in [1.54, 1.807) is 0 Å². The number of aliphatic hydroxyl groups excluding tert-OH is 1. The summed E-state index contributed by atoms with van der Waals surface area (Å²) in [5, 5.41) is 23.7. The standard InChI is InChI=1S/C23H22F6N6O3S/c24-22(25,26)15-3-2-13(16(9-15)23(27,28)29)11-33-17-4-1-12(7-14(17)10-30)8-18-19(36)35(21(37)39-18)5-6-38-34-20(31)32/h1-4,7-10,19,30,33,36H,5-6,11H2,(H4,31,32,34)/b18-8-,30-10?. The summed E-state index contributed by atoms with van der Waals surface area (Å²) < 4.78 is 79.0. The average molecular weight is 577 g/mol. The van der Waals surface area contributed by atoms with Crippen LogP contribution in [0.1, 0.15) is 27.8 Å².